The van der Waals surface area contributed by atoms with Crippen LogP contribution in [-0.2, 0) is 6.42 Å². The lowest BCUT2D eigenvalue weighted by atomic mass is 10.0. The fourth-order valence-electron chi connectivity index (χ4n) is 3.78. The fourth-order valence-corrected chi connectivity index (χ4v) is 3.78. The number of oxazole rings is 1. The van der Waals surface area contributed by atoms with Crippen molar-refractivity contribution >= 4 is 5.91 Å². The molecule has 7 nitrogen and oxygen atoms in total. The number of nitrogens with zero attached hydrogens (tertiary/aromatic N) is 3. The van der Waals surface area contributed by atoms with Gasteiger partial charge in [0.1, 0.15) is 17.6 Å². The number of ether oxygens (including phenoxy) is 1. The summed E-state index contributed by atoms with van der Waals surface area (Å²) in [5.74, 6) is 2.46. The number of benzene rings is 1. The van der Waals surface area contributed by atoms with Gasteiger partial charge in [-0.25, -0.2) is 4.98 Å². The molecule has 1 aliphatic rings. The molecule has 0 spiro atoms. The lowest BCUT2D eigenvalue weighted by molar-refractivity contribution is 0.0528. The fraction of sp³-hybridized carbons (Fsp3) is 0.435. The molecule has 0 unspecified atom stereocenters. The number of carbonyl (C=O) groups excluding carboxylic acids is 1. The first kappa shape index (κ1) is 20.2. The van der Waals surface area contributed by atoms with E-state index < -0.39 is 0 Å². The van der Waals surface area contributed by atoms with E-state index in [1.807, 2.05) is 38.1 Å². The van der Waals surface area contributed by atoms with Gasteiger partial charge in [0, 0.05) is 19.0 Å². The van der Waals surface area contributed by atoms with Crippen molar-refractivity contribution in [2.75, 3.05) is 13.7 Å². The molecule has 1 fully saturated rings. The highest BCUT2D eigenvalue weighted by atomic mass is 16.5. The summed E-state index contributed by atoms with van der Waals surface area (Å²) < 4.78 is 16.7. The standard InChI is InChI=1S/C23H27N3O4/c1-15(2)19-13-21(30-25-19)23(27)26-10-5-4-9-20(26)22-24-14-18(29-22)12-16-7-6-8-17(11-16)28-3/h6-8,11,13-15,20H,4-5,9-10,12H2,1-3H3/t20-/m1/s1. The number of amides is 1. The summed E-state index contributed by atoms with van der Waals surface area (Å²) in [5.41, 5.74) is 1.86. The van der Waals surface area contributed by atoms with Crippen LogP contribution in [-0.4, -0.2) is 34.6 Å². The highest BCUT2D eigenvalue weighted by Crippen LogP contribution is 2.32. The molecule has 7 heteroatoms. The van der Waals surface area contributed by atoms with Crippen LogP contribution in [0.5, 0.6) is 5.75 Å². The molecule has 0 bridgehead atoms. The number of rotatable bonds is 6. The Labute approximate surface area is 176 Å². The van der Waals surface area contributed by atoms with Crippen LogP contribution in [0.15, 0.2) is 45.5 Å². The lowest BCUT2D eigenvalue weighted by Gasteiger charge is -2.32. The maximum Gasteiger partial charge on any atom is 0.293 e. The highest BCUT2D eigenvalue weighted by Gasteiger charge is 2.33. The number of piperidine rings is 1. The van der Waals surface area contributed by atoms with Crippen molar-refractivity contribution in [3.8, 4) is 5.75 Å². The zero-order valence-corrected chi connectivity index (χ0v) is 17.6. The molecule has 4 rings (SSSR count). The van der Waals surface area contributed by atoms with E-state index in [9.17, 15) is 4.79 Å². The molecule has 3 aromatic rings. The Morgan fingerprint density at radius 3 is 2.93 bits per heavy atom. The molecule has 3 heterocycles. The molecule has 0 N–H and O–H groups in total. The van der Waals surface area contributed by atoms with E-state index in [1.54, 1.807) is 24.3 Å². The van der Waals surface area contributed by atoms with Crippen molar-refractivity contribution in [1.82, 2.24) is 15.0 Å². The Kier molecular flexibility index (Phi) is 5.88. The molecule has 1 aromatic carbocycles. The maximum atomic E-state index is 13.1. The van der Waals surface area contributed by atoms with Gasteiger partial charge in [-0.15, -0.1) is 0 Å². The van der Waals surface area contributed by atoms with Crippen LogP contribution >= 0.6 is 0 Å². The first-order valence-corrected chi connectivity index (χ1v) is 10.4. The average molecular weight is 409 g/mol. The largest absolute Gasteiger partial charge is 0.497 e. The van der Waals surface area contributed by atoms with Gasteiger partial charge in [-0.05, 0) is 42.9 Å². The summed E-state index contributed by atoms with van der Waals surface area (Å²) in [7, 11) is 1.65. The maximum absolute atomic E-state index is 13.1. The first-order valence-electron chi connectivity index (χ1n) is 10.4. The van der Waals surface area contributed by atoms with Crippen molar-refractivity contribution in [2.24, 2.45) is 0 Å². The van der Waals surface area contributed by atoms with E-state index >= 15 is 0 Å². The molecule has 0 aliphatic carbocycles. The second kappa shape index (κ2) is 8.73. The predicted molar refractivity (Wildman–Crippen MR) is 111 cm³/mol. The molecule has 0 radical (unpaired) electrons. The molecule has 1 amide bonds. The van der Waals surface area contributed by atoms with Crippen LogP contribution in [0.25, 0.3) is 0 Å². The third-order valence-corrected chi connectivity index (χ3v) is 5.46. The van der Waals surface area contributed by atoms with E-state index in [1.165, 1.54) is 0 Å². The van der Waals surface area contributed by atoms with E-state index in [4.69, 9.17) is 13.7 Å². The normalized spacial score (nSPS) is 16.8. The number of aromatic nitrogens is 2. The summed E-state index contributed by atoms with van der Waals surface area (Å²) in [6.45, 7) is 4.69. The zero-order valence-electron chi connectivity index (χ0n) is 17.6. The van der Waals surface area contributed by atoms with Crippen LogP contribution in [0, 0.1) is 0 Å². The molecule has 1 atom stereocenters. The Balaban J connectivity index is 1.52. The summed E-state index contributed by atoms with van der Waals surface area (Å²) >= 11 is 0. The van der Waals surface area contributed by atoms with Crippen molar-refractivity contribution < 1.29 is 18.5 Å². The summed E-state index contributed by atoms with van der Waals surface area (Å²) in [6, 6.07) is 9.41. The Morgan fingerprint density at radius 1 is 1.30 bits per heavy atom. The van der Waals surface area contributed by atoms with Crippen molar-refractivity contribution in [3.63, 3.8) is 0 Å². The minimum absolute atomic E-state index is 0.161. The van der Waals surface area contributed by atoms with Gasteiger partial charge in [0.25, 0.3) is 5.91 Å². The van der Waals surface area contributed by atoms with Crippen LogP contribution in [0.1, 0.15) is 78.5 Å². The smallest absolute Gasteiger partial charge is 0.293 e. The SMILES string of the molecule is COc1cccc(Cc2cnc([C@H]3CCCCN3C(=O)c3cc(C(C)C)no3)o2)c1. The molecular formula is C23H27N3O4. The van der Waals surface area contributed by atoms with E-state index in [0.717, 1.165) is 42.0 Å². The minimum Gasteiger partial charge on any atom is -0.497 e. The van der Waals surface area contributed by atoms with Crippen molar-refractivity contribution in [3.05, 3.63) is 65.2 Å². The number of methoxy groups -OCH3 is 1. The first-order chi connectivity index (χ1) is 14.5. The monoisotopic (exact) mass is 409 g/mol. The summed E-state index contributed by atoms with van der Waals surface area (Å²) in [4.78, 5) is 19.4. The number of hydrogen-bond donors (Lipinski definition) is 0. The molecule has 0 saturated carbocycles. The third-order valence-electron chi connectivity index (χ3n) is 5.46. The topological polar surface area (TPSA) is 81.6 Å². The van der Waals surface area contributed by atoms with Crippen molar-refractivity contribution in [1.29, 1.82) is 0 Å². The zero-order chi connectivity index (χ0) is 21.1. The van der Waals surface area contributed by atoms with Gasteiger partial charge in [0.2, 0.25) is 11.7 Å². The lowest BCUT2D eigenvalue weighted by Crippen LogP contribution is -2.38. The Morgan fingerprint density at radius 2 is 2.17 bits per heavy atom. The molecule has 1 aliphatic heterocycles. The summed E-state index contributed by atoms with van der Waals surface area (Å²) in [5, 5.41) is 4.02. The van der Waals surface area contributed by atoms with Gasteiger partial charge < -0.3 is 18.6 Å². The quantitative estimate of drug-likeness (QED) is 0.584. The van der Waals surface area contributed by atoms with E-state index in [-0.39, 0.29) is 23.6 Å². The van der Waals surface area contributed by atoms with E-state index in [2.05, 4.69) is 10.1 Å². The molecule has 2 aromatic heterocycles. The van der Waals surface area contributed by atoms with Gasteiger partial charge in [-0.1, -0.05) is 31.1 Å². The Hall–Kier alpha value is -3.09. The molecule has 1 saturated heterocycles. The second-order valence-electron chi connectivity index (χ2n) is 7.97. The van der Waals surface area contributed by atoms with Gasteiger partial charge >= 0.3 is 0 Å². The highest BCUT2D eigenvalue weighted by molar-refractivity contribution is 5.91. The number of likely N-dealkylation sites (tertiary alicyclic amines) is 1. The van der Waals surface area contributed by atoms with Gasteiger partial charge in [-0.2, -0.15) is 0 Å². The van der Waals surface area contributed by atoms with Crippen LogP contribution < -0.4 is 4.74 Å². The van der Waals surface area contributed by atoms with E-state index in [0.29, 0.717) is 18.9 Å². The van der Waals surface area contributed by atoms with Crippen molar-refractivity contribution in [2.45, 2.75) is 51.5 Å². The summed E-state index contributed by atoms with van der Waals surface area (Å²) in [6.07, 6.45) is 5.15. The molecular weight excluding hydrogens is 382 g/mol. The molecule has 30 heavy (non-hydrogen) atoms. The van der Waals surface area contributed by atoms with Gasteiger partial charge in [0.15, 0.2) is 0 Å². The average Bonchev–Trinajstić information content (AvgIpc) is 3.43. The third kappa shape index (κ3) is 4.25. The number of carbonyl (C=O) groups is 1. The minimum atomic E-state index is -0.196. The predicted octanol–water partition coefficient (Wildman–Crippen LogP) is 4.75. The Bertz CT molecular complexity index is 1010. The second-order valence-corrected chi connectivity index (χ2v) is 7.97. The van der Waals surface area contributed by atoms with Gasteiger partial charge in [-0.3, -0.25) is 4.79 Å². The molecule has 158 valence electrons. The van der Waals surface area contributed by atoms with Crippen LogP contribution in [0.4, 0.5) is 0 Å². The number of hydrogen-bond acceptors (Lipinski definition) is 6. The van der Waals surface area contributed by atoms with Crippen LogP contribution in [0.3, 0.4) is 0 Å². The van der Waals surface area contributed by atoms with Crippen LogP contribution in [0.2, 0.25) is 0 Å². The van der Waals surface area contributed by atoms with Gasteiger partial charge in [0.05, 0.1) is 19.0 Å².